The Balaban J connectivity index is 0.000000268. The summed E-state index contributed by atoms with van der Waals surface area (Å²) in [7, 11) is 7.80. The molecule has 6 N–H and O–H groups in total. The number of carbonyl (C=O) groups is 3. The number of methoxy groups -OCH3 is 6. The van der Waals surface area contributed by atoms with Crippen molar-refractivity contribution in [1.82, 2.24) is 5.32 Å². The van der Waals surface area contributed by atoms with E-state index in [0.717, 1.165) is 40.2 Å². The van der Waals surface area contributed by atoms with Crippen molar-refractivity contribution in [2.45, 2.75) is 194 Å². The van der Waals surface area contributed by atoms with Crippen LogP contribution in [0.1, 0.15) is 181 Å². The van der Waals surface area contributed by atoms with Gasteiger partial charge in [0.2, 0.25) is 11.8 Å². The van der Waals surface area contributed by atoms with E-state index in [4.69, 9.17) is 82.1 Å². The van der Waals surface area contributed by atoms with E-state index in [1.807, 2.05) is 119 Å². The van der Waals surface area contributed by atoms with Gasteiger partial charge in [-0.25, -0.2) is 19.6 Å². The Kier molecular flexibility index (Phi) is 33.0. The van der Waals surface area contributed by atoms with Crippen LogP contribution >= 0.6 is 63.7 Å². The van der Waals surface area contributed by atoms with Crippen molar-refractivity contribution >= 4 is 120 Å². The summed E-state index contributed by atoms with van der Waals surface area (Å²) in [6, 6.07) is 26.4. The maximum atomic E-state index is 11.9. The number of nitrogens with two attached hydrogens (primary N) is 1. The molecule has 5 aliphatic rings. The average molecular weight is 1740 g/mol. The number of ether oxygens (including phenoxy) is 8. The van der Waals surface area contributed by atoms with Gasteiger partial charge in [-0.3, -0.25) is 4.79 Å². The van der Waals surface area contributed by atoms with Crippen LogP contribution in [0.5, 0.6) is 28.7 Å². The molecule has 1 amide bonds. The van der Waals surface area contributed by atoms with Gasteiger partial charge < -0.3 is 92.2 Å². The number of aliphatic hydroxyl groups excluding tert-OH is 2. The van der Waals surface area contributed by atoms with Crippen LogP contribution in [0.15, 0.2) is 119 Å². The molecule has 31 heteroatoms. The SMILES string of the molecule is CC(C)(N)CO.CC1(C)OB(B2OC(C)(C)C(C)(C)O2)OC1(C)C.COC(=O)c1ccc(Br)c(OC)c1.COc1cc(C(=O)NC(C)(C)CO)ccc1Br.COc1cc(C(=O)O)ccc1Br.COc1cc(C2=NC(C)(C)CO2)ccc1B1OC(C)(C)C(C)(C)O1.COc1cc(C2=NC(C)(C)CO2)ccc1Br. The van der Waals surface area contributed by atoms with Crippen LogP contribution in [0.25, 0.3) is 0 Å². The fourth-order valence-electron chi connectivity index (χ4n) is 9.18. The Morgan fingerprint density at radius 3 is 1.11 bits per heavy atom. The third-order valence-corrected chi connectivity index (χ3v) is 20.3. The Labute approximate surface area is 660 Å². The fourth-order valence-corrected chi connectivity index (χ4v) is 10.8. The minimum Gasteiger partial charge on any atom is -0.497 e. The van der Waals surface area contributed by atoms with Crippen molar-refractivity contribution in [3.05, 3.63) is 137 Å². The first-order valence-corrected chi connectivity index (χ1v) is 37.1. The second-order valence-corrected chi connectivity index (χ2v) is 34.1. The van der Waals surface area contributed by atoms with E-state index in [0.29, 0.717) is 59.1 Å². The number of aliphatic imine (C=N–C) groups is 2. The summed E-state index contributed by atoms with van der Waals surface area (Å²) >= 11 is 13.2. The molecule has 5 aliphatic heterocycles. The highest BCUT2D eigenvalue weighted by Gasteiger charge is 2.64. The van der Waals surface area contributed by atoms with Crippen LogP contribution in [0.2, 0.25) is 0 Å². The maximum absolute atomic E-state index is 11.9. The van der Waals surface area contributed by atoms with Gasteiger partial charge in [0.25, 0.3) is 5.91 Å². The number of aromatic carboxylic acids is 1. The summed E-state index contributed by atoms with van der Waals surface area (Å²) < 4.78 is 81.1. The van der Waals surface area contributed by atoms with Crippen molar-refractivity contribution < 1.29 is 95.5 Å². The Morgan fingerprint density at radius 1 is 0.472 bits per heavy atom. The van der Waals surface area contributed by atoms with E-state index in [-0.39, 0.29) is 75.3 Å². The number of aliphatic hydroxyl groups is 2. The number of amides is 1. The molecule has 24 nitrogen and oxygen atoms in total. The Bertz CT molecular complexity index is 3800. The summed E-state index contributed by atoms with van der Waals surface area (Å²) in [6.07, 6.45) is 0. The van der Waals surface area contributed by atoms with Crippen LogP contribution in [0.4, 0.5) is 0 Å². The first-order valence-electron chi connectivity index (χ1n) is 33.9. The molecule has 0 saturated carbocycles. The third kappa shape index (κ3) is 25.9. The average Bonchev–Trinajstić information content (AvgIpc) is 1.59. The van der Waals surface area contributed by atoms with Crippen molar-refractivity contribution in [3.8, 4) is 28.7 Å². The van der Waals surface area contributed by atoms with Gasteiger partial charge in [0.15, 0.2) is 0 Å². The molecule has 0 radical (unpaired) electrons. The minimum absolute atomic E-state index is 0.0486. The van der Waals surface area contributed by atoms with Crippen LogP contribution in [0.3, 0.4) is 0 Å². The van der Waals surface area contributed by atoms with Gasteiger partial charge in [0.05, 0.1) is 135 Å². The quantitative estimate of drug-likeness (QED) is 0.0480. The molecule has 106 heavy (non-hydrogen) atoms. The number of carboxylic acids is 1. The molecule has 10 rings (SSSR count). The number of halogens is 4. The molecule has 0 spiro atoms. The number of nitrogens with one attached hydrogen (secondary N) is 1. The second-order valence-electron chi connectivity index (χ2n) is 30.7. The zero-order valence-corrected chi connectivity index (χ0v) is 72.3. The lowest BCUT2D eigenvalue weighted by Gasteiger charge is -2.32. The molecule has 584 valence electrons. The normalized spacial score (nSPS) is 18.2. The van der Waals surface area contributed by atoms with E-state index in [1.54, 1.807) is 98.6 Å². The molecule has 5 aromatic carbocycles. The smallest absolute Gasteiger partial charge is 0.497 e. The molecule has 5 heterocycles. The lowest BCUT2D eigenvalue weighted by Crippen LogP contribution is -2.46. The Morgan fingerprint density at radius 2 is 0.783 bits per heavy atom. The lowest BCUT2D eigenvalue weighted by molar-refractivity contribution is 0.00578. The zero-order valence-electron chi connectivity index (χ0n) is 66.0. The standard InChI is InChI=1S/C18H26BNO4.C12H24B2O4.C12H16BrNO3.C12H14BrNO2.C9H9BrO3.C8H7BrO3.C4H11NO/c1-16(2)11-22-15(20-16)12-8-9-13(14(10-12)21-7)19-23-17(3,4)18(5,6)24-19;1-9(2)10(3,4)16-13(15-9)14-17-11(5,6)12(7,8)18-14;1-12(2,7-15)14-11(16)8-4-5-9(13)10(6-8)17-3;1-12(2)7-16-11(14-12)8-4-5-9(13)10(6-8)15-3;1-12-8-5-6(9(11)13-2)3-4-7(8)10;1-12-7-4-5(8(10)11)2-3-6(7)9;1-4(2,5)3-6/h8-10H,11H2,1-7H3;1-8H3;4-6,15H,7H2,1-3H3,(H,14,16);4-6H,7H2,1-3H3;3-5H,1-2H3;2-4H,1H3,(H,10,11);6H,3,5H2,1-2H3. The molecular weight excluding hydrogens is 1630 g/mol. The van der Waals surface area contributed by atoms with Gasteiger partial charge >= 0.3 is 33.1 Å². The first-order chi connectivity index (χ1) is 48.7. The van der Waals surface area contributed by atoms with Gasteiger partial charge in [-0.05, 0) is 287 Å². The molecule has 0 bridgehead atoms. The molecule has 3 saturated heterocycles. The van der Waals surface area contributed by atoms with E-state index in [2.05, 4.69) is 111 Å². The fraction of sp³-hybridized carbons (Fsp3) is 0.533. The van der Waals surface area contributed by atoms with Crippen molar-refractivity contribution in [1.29, 1.82) is 0 Å². The minimum atomic E-state index is -0.958. The van der Waals surface area contributed by atoms with Gasteiger partial charge in [-0.1, -0.05) is 6.07 Å². The molecule has 0 atom stereocenters. The van der Waals surface area contributed by atoms with Gasteiger partial charge in [0.1, 0.15) is 42.0 Å². The van der Waals surface area contributed by atoms with E-state index >= 15 is 0 Å². The highest BCUT2D eigenvalue weighted by molar-refractivity contribution is 9.11. The van der Waals surface area contributed by atoms with Gasteiger partial charge in [-0.2, -0.15) is 0 Å². The number of carboxylic acid groups (broad SMARTS) is 1. The monoisotopic (exact) mass is 1730 g/mol. The molecule has 0 aromatic heterocycles. The zero-order chi connectivity index (χ0) is 80.7. The molecule has 0 unspecified atom stereocenters. The number of nitrogens with zero attached hydrogens (tertiary/aromatic N) is 2. The summed E-state index contributed by atoms with van der Waals surface area (Å²) in [5.41, 5.74) is 5.62. The summed E-state index contributed by atoms with van der Waals surface area (Å²) in [5, 5.41) is 28.7. The maximum Gasteiger partial charge on any atom is 0.498 e. The van der Waals surface area contributed by atoms with Crippen molar-refractivity contribution in [3.63, 3.8) is 0 Å². The Hall–Kier alpha value is -5.80. The van der Waals surface area contributed by atoms with E-state index in [9.17, 15) is 14.4 Å². The lowest BCUT2D eigenvalue weighted by atomic mass is 9.49. The molecule has 5 aromatic rings. The highest BCUT2D eigenvalue weighted by atomic mass is 79.9. The summed E-state index contributed by atoms with van der Waals surface area (Å²) in [4.78, 5) is 42.6. The number of hydrogen-bond donors (Lipinski definition) is 5. The number of hydrogen-bond acceptors (Lipinski definition) is 22. The second kappa shape index (κ2) is 37.7. The predicted molar refractivity (Wildman–Crippen MR) is 429 cm³/mol. The molecular formula is C75H107B3Br4N4O20. The molecule has 3 fully saturated rings. The predicted octanol–water partition coefficient (Wildman–Crippen LogP) is 13.9. The highest BCUT2D eigenvalue weighted by Crippen LogP contribution is 2.44. The van der Waals surface area contributed by atoms with Crippen LogP contribution in [-0.4, -0.2) is 191 Å². The van der Waals surface area contributed by atoms with Crippen molar-refractivity contribution in [2.75, 3.05) is 69.1 Å². The number of esters is 1. The summed E-state index contributed by atoms with van der Waals surface area (Å²) in [5.74, 6) is 3.00. The van der Waals surface area contributed by atoms with Gasteiger partial charge in [-0.15, -0.1) is 0 Å². The van der Waals surface area contributed by atoms with Crippen LogP contribution < -0.4 is 40.2 Å². The van der Waals surface area contributed by atoms with E-state index in [1.165, 1.54) is 26.4 Å². The first kappa shape index (κ1) is 92.6. The van der Waals surface area contributed by atoms with Crippen molar-refractivity contribution in [2.24, 2.45) is 15.7 Å². The number of carbonyl (C=O) groups excluding carboxylic acids is 2. The number of rotatable bonds is 15. The van der Waals surface area contributed by atoms with Crippen LogP contribution in [-0.2, 0) is 42.1 Å². The third-order valence-electron chi connectivity index (χ3n) is 17.7. The summed E-state index contributed by atoms with van der Waals surface area (Å²) in [6.45, 7) is 40.8. The number of benzene rings is 5. The van der Waals surface area contributed by atoms with E-state index < -0.39 is 38.2 Å². The van der Waals surface area contributed by atoms with Gasteiger partial charge in [0, 0.05) is 27.7 Å². The topological polar surface area (TPSA) is 304 Å². The molecule has 0 aliphatic carbocycles. The largest absolute Gasteiger partial charge is 0.498 e. The van der Waals surface area contributed by atoms with Crippen LogP contribution in [0, 0.1) is 0 Å².